The van der Waals surface area contributed by atoms with Crippen molar-refractivity contribution in [2.75, 3.05) is 19.6 Å². The van der Waals surface area contributed by atoms with Crippen LogP contribution in [0, 0.1) is 5.92 Å². The molecule has 1 aliphatic rings. The maximum absolute atomic E-state index is 12.7. The van der Waals surface area contributed by atoms with Crippen molar-refractivity contribution in [2.24, 2.45) is 5.92 Å². The van der Waals surface area contributed by atoms with Gasteiger partial charge in [0.05, 0.1) is 11.9 Å². The van der Waals surface area contributed by atoms with Crippen LogP contribution in [0.15, 0.2) is 54.6 Å². The molecule has 0 saturated carbocycles. The lowest BCUT2D eigenvalue weighted by atomic mass is 9.97. The van der Waals surface area contributed by atoms with Gasteiger partial charge in [-0.25, -0.2) is 12.7 Å². The van der Waals surface area contributed by atoms with Crippen LogP contribution >= 0.6 is 0 Å². The molecule has 32 heavy (non-hydrogen) atoms. The van der Waals surface area contributed by atoms with E-state index in [-0.39, 0.29) is 23.7 Å². The second-order valence-electron chi connectivity index (χ2n) is 8.62. The fourth-order valence-corrected chi connectivity index (χ4v) is 5.49. The van der Waals surface area contributed by atoms with Crippen molar-refractivity contribution >= 4 is 15.9 Å². The number of sulfonamides is 1. The van der Waals surface area contributed by atoms with Crippen LogP contribution < -0.4 is 10.1 Å². The zero-order chi connectivity index (χ0) is 23.0. The third-order valence-corrected chi connectivity index (χ3v) is 7.50. The van der Waals surface area contributed by atoms with Crippen LogP contribution in [-0.2, 0) is 27.0 Å². The van der Waals surface area contributed by atoms with Gasteiger partial charge in [-0.2, -0.15) is 0 Å². The molecule has 1 amide bonds. The molecule has 0 aromatic heterocycles. The maximum atomic E-state index is 12.7. The lowest BCUT2D eigenvalue weighted by Gasteiger charge is -2.30. The molecular formula is C25H34N2O4S. The van der Waals surface area contributed by atoms with E-state index in [1.165, 1.54) is 9.87 Å². The predicted octanol–water partition coefficient (Wildman–Crippen LogP) is 3.76. The molecule has 6 nitrogen and oxygen atoms in total. The van der Waals surface area contributed by atoms with E-state index < -0.39 is 10.0 Å². The fraction of sp³-hybridized carbons (Fsp3) is 0.480. The average molecular weight is 459 g/mol. The van der Waals surface area contributed by atoms with Gasteiger partial charge in [-0.3, -0.25) is 4.79 Å². The molecule has 1 saturated heterocycles. The number of carbonyl (C=O) groups is 1. The molecule has 0 spiro atoms. The van der Waals surface area contributed by atoms with Crippen LogP contribution in [0.25, 0.3) is 0 Å². The number of aryl methyl sites for hydroxylation is 1. The van der Waals surface area contributed by atoms with Crippen LogP contribution in [0.1, 0.15) is 44.2 Å². The Hall–Kier alpha value is -2.38. The Kier molecular flexibility index (Phi) is 8.70. The van der Waals surface area contributed by atoms with E-state index in [1.54, 1.807) is 0 Å². The normalized spacial score (nSPS) is 15.6. The number of piperidine rings is 1. The molecule has 0 atom stereocenters. The lowest BCUT2D eigenvalue weighted by Crippen LogP contribution is -2.43. The van der Waals surface area contributed by atoms with E-state index in [9.17, 15) is 13.2 Å². The first kappa shape index (κ1) is 24.3. The highest BCUT2D eigenvalue weighted by atomic mass is 32.2. The Morgan fingerprint density at radius 1 is 1.03 bits per heavy atom. The Morgan fingerprint density at radius 3 is 2.31 bits per heavy atom. The Balaban J connectivity index is 1.36. The van der Waals surface area contributed by atoms with Crippen molar-refractivity contribution in [1.82, 2.24) is 9.62 Å². The van der Waals surface area contributed by atoms with E-state index in [1.807, 2.05) is 56.3 Å². The highest BCUT2D eigenvalue weighted by molar-refractivity contribution is 7.88. The Bertz CT molecular complexity index is 951. The monoisotopic (exact) mass is 458 g/mol. The molecule has 174 valence electrons. The van der Waals surface area contributed by atoms with Crippen molar-refractivity contribution < 1.29 is 17.9 Å². The van der Waals surface area contributed by atoms with Gasteiger partial charge in [0.1, 0.15) is 5.75 Å². The van der Waals surface area contributed by atoms with E-state index in [2.05, 4.69) is 17.4 Å². The summed E-state index contributed by atoms with van der Waals surface area (Å²) in [6.45, 7) is 5.43. The van der Waals surface area contributed by atoms with Gasteiger partial charge in [0.25, 0.3) is 0 Å². The van der Waals surface area contributed by atoms with Crippen molar-refractivity contribution in [1.29, 1.82) is 0 Å². The summed E-state index contributed by atoms with van der Waals surface area (Å²) in [5.41, 5.74) is 2.00. The van der Waals surface area contributed by atoms with Crippen LogP contribution in [0.4, 0.5) is 0 Å². The van der Waals surface area contributed by atoms with E-state index in [4.69, 9.17) is 4.74 Å². The smallest absolute Gasteiger partial charge is 0.223 e. The molecular weight excluding hydrogens is 424 g/mol. The van der Waals surface area contributed by atoms with E-state index >= 15 is 0 Å². The first-order valence-corrected chi connectivity index (χ1v) is 13.0. The van der Waals surface area contributed by atoms with Gasteiger partial charge in [-0.1, -0.05) is 42.5 Å². The average Bonchev–Trinajstić information content (AvgIpc) is 2.78. The van der Waals surface area contributed by atoms with Gasteiger partial charge in [0.2, 0.25) is 15.9 Å². The van der Waals surface area contributed by atoms with Crippen LogP contribution in [0.5, 0.6) is 5.75 Å². The summed E-state index contributed by atoms with van der Waals surface area (Å²) in [6, 6.07) is 17.3. The van der Waals surface area contributed by atoms with Gasteiger partial charge in [0.15, 0.2) is 0 Å². The zero-order valence-corrected chi connectivity index (χ0v) is 19.8. The minimum atomic E-state index is -3.35. The molecule has 0 bridgehead atoms. The lowest BCUT2D eigenvalue weighted by molar-refractivity contribution is -0.126. The molecule has 3 rings (SSSR count). The molecule has 0 unspecified atom stereocenters. The highest BCUT2D eigenvalue weighted by Gasteiger charge is 2.30. The standard InChI is InChI=1S/C25H34N2O4S/c1-20(2)31-24-12-10-21(11-13-24)9-6-16-26-25(28)23-14-17-27(18-15-23)32(29,30)19-22-7-4-3-5-8-22/h3-5,7-8,10-13,20,23H,6,9,14-19H2,1-2H3,(H,26,28). The van der Waals surface area contributed by atoms with Crippen LogP contribution in [0.3, 0.4) is 0 Å². The van der Waals surface area contributed by atoms with Gasteiger partial charge in [0, 0.05) is 25.6 Å². The number of nitrogens with one attached hydrogen (secondary N) is 1. The summed E-state index contributed by atoms with van der Waals surface area (Å²) in [4.78, 5) is 12.5. The van der Waals surface area contributed by atoms with Crippen molar-refractivity contribution in [3.8, 4) is 5.75 Å². The summed E-state index contributed by atoms with van der Waals surface area (Å²) < 4.78 is 32.5. The number of amides is 1. The maximum Gasteiger partial charge on any atom is 0.223 e. The van der Waals surface area contributed by atoms with Crippen LogP contribution in [0.2, 0.25) is 0 Å². The predicted molar refractivity (Wildman–Crippen MR) is 127 cm³/mol. The summed E-state index contributed by atoms with van der Waals surface area (Å²) in [5, 5.41) is 3.02. The first-order valence-electron chi connectivity index (χ1n) is 11.4. The molecule has 1 fully saturated rings. The number of hydrogen-bond donors (Lipinski definition) is 1. The molecule has 1 aliphatic heterocycles. The molecule has 2 aromatic rings. The largest absolute Gasteiger partial charge is 0.491 e. The Morgan fingerprint density at radius 2 is 1.69 bits per heavy atom. The number of rotatable bonds is 10. The van der Waals surface area contributed by atoms with Gasteiger partial charge < -0.3 is 10.1 Å². The highest BCUT2D eigenvalue weighted by Crippen LogP contribution is 2.22. The molecule has 1 N–H and O–H groups in total. The number of carbonyl (C=O) groups excluding carboxylic acids is 1. The van der Waals surface area contributed by atoms with Crippen molar-refractivity contribution in [3.63, 3.8) is 0 Å². The zero-order valence-electron chi connectivity index (χ0n) is 19.0. The topological polar surface area (TPSA) is 75.7 Å². The van der Waals surface area contributed by atoms with Crippen LogP contribution in [-0.4, -0.2) is 44.4 Å². The molecule has 1 heterocycles. The number of ether oxygens (including phenoxy) is 1. The second kappa shape index (κ2) is 11.5. The summed E-state index contributed by atoms with van der Waals surface area (Å²) in [6.07, 6.45) is 3.04. The third kappa shape index (κ3) is 7.35. The van der Waals surface area contributed by atoms with Gasteiger partial charge in [-0.05, 0) is 62.8 Å². The molecule has 7 heteroatoms. The second-order valence-corrected chi connectivity index (χ2v) is 10.6. The minimum Gasteiger partial charge on any atom is -0.491 e. The Labute approximate surface area is 192 Å². The first-order chi connectivity index (χ1) is 15.3. The fourth-order valence-electron chi connectivity index (χ4n) is 3.93. The number of hydrogen-bond acceptors (Lipinski definition) is 4. The third-order valence-electron chi connectivity index (χ3n) is 5.65. The van der Waals surface area contributed by atoms with Gasteiger partial charge >= 0.3 is 0 Å². The van der Waals surface area contributed by atoms with Gasteiger partial charge in [-0.15, -0.1) is 0 Å². The summed E-state index contributed by atoms with van der Waals surface area (Å²) in [7, 11) is -3.35. The van der Waals surface area contributed by atoms with E-state index in [0.29, 0.717) is 32.5 Å². The minimum absolute atomic E-state index is 0.00920. The number of benzene rings is 2. The van der Waals surface area contributed by atoms with Crippen molar-refractivity contribution in [2.45, 2.75) is 51.4 Å². The summed E-state index contributed by atoms with van der Waals surface area (Å²) >= 11 is 0. The molecule has 2 aromatic carbocycles. The SMILES string of the molecule is CC(C)Oc1ccc(CCCNC(=O)C2CCN(S(=O)(=O)Cc3ccccc3)CC2)cc1. The molecule has 0 radical (unpaired) electrons. The van der Waals surface area contributed by atoms with E-state index in [0.717, 1.165) is 24.2 Å². The number of nitrogens with zero attached hydrogens (tertiary/aromatic N) is 1. The quantitative estimate of drug-likeness (QED) is 0.550. The van der Waals surface area contributed by atoms with Crippen molar-refractivity contribution in [3.05, 3.63) is 65.7 Å². The summed E-state index contributed by atoms with van der Waals surface area (Å²) in [5.74, 6) is 0.792. The molecule has 0 aliphatic carbocycles.